The van der Waals surface area contributed by atoms with Crippen molar-refractivity contribution in [3.63, 3.8) is 0 Å². The monoisotopic (exact) mass is 289 g/mol. The third-order valence-electron chi connectivity index (χ3n) is 4.15. The van der Waals surface area contributed by atoms with Gasteiger partial charge < -0.3 is 10.2 Å². The summed E-state index contributed by atoms with van der Waals surface area (Å²) in [5.41, 5.74) is 2.10. The Morgan fingerprint density at radius 1 is 1.38 bits per heavy atom. The number of aromatic nitrogens is 5. The predicted octanol–water partition coefficient (Wildman–Crippen LogP) is 0.956. The van der Waals surface area contributed by atoms with Gasteiger partial charge in [0.25, 0.3) is 0 Å². The number of rotatable bonds is 4. The first-order valence-electron chi connectivity index (χ1n) is 7.58. The molecule has 2 aromatic heterocycles. The van der Waals surface area contributed by atoms with Crippen LogP contribution in [0.15, 0.2) is 6.20 Å². The van der Waals surface area contributed by atoms with Crippen molar-refractivity contribution >= 4 is 5.95 Å². The highest BCUT2D eigenvalue weighted by Gasteiger charge is 2.21. The van der Waals surface area contributed by atoms with Gasteiger partial charge in [-0.05, 0) is 26.3 Å². The van der Waals surface area contributed by atoms with Crippen molar-refractivity contribution in [2.24, 2.45) is 7.05 Å². The van der Waals surface area contributed by atoms with E-state index in [0.29, 0.717) is 6.04 Å². The summed E-state index contributed by atoms with van der Waals surface area (Å²) < 4.78 is 1.83. The molecule has 1 aliphatic rings. The number of H-pyrrole nitrogens is 1. The number of anilines is 1. The minimum Gasteiger partial charge on any atom is -0.339 e. The maximum atomic E-state index is 4.66. The van der Waals surface area contributed by atoms with E-state index in [-0.39, 0.29) is 0 Å². The van der Waals surface area contributed by atoms with E-state index in [2.05, 4.69) is 37.4 Å². The molecular weight excluding hydrogens is 266 g/mol. The quantitative estimate of drug-likeness (QED) is 0.877. The fourth-order valence-corrected chi connectivity index (χ4v) is 2.88. The summed E-state index contributed by atoms with van der Waals surface area (Å²) in [7, 11) is 3.96. The van der Waals surface area contributed by atoms with Crippen LogP contribution >= 0.6 is 0 Å². The van der Waals surface area contributed by atoms with Crippen LogP contribution in [-0.4, -0.2) is 51.1 Å². The van der Waals surface area contributed by atoms with Crippen LogP contribution in [0.4, 0.5) is 5.95 Å². The Hall–Kier alpha value is -1.89. The molecule has 0 radical (unpaired) electrons. The molecule has 3 rings (SSSR count). The minimum atomic E-state index is 0.615. The van der Waals surface area contributed by atoms with E-state index in [4.69, 9.17) is 0 Å². The molecule has 3 heterocycles. The van der Waals surface area contributed by atoms with Crippen LogP contribution < -0.4 is 10.2 Å². The highest BCUT2D eigenvalue weighted by molar-refractivity contribution is 5.58. The van der Waals surface area contributed by atoms with Crippen molar-refractivity contribution < 1.29 is 0 Å². The molecule has 114 valence electrons. The van der Waals surface area contributed by atoms with Crippen LogP contribution in [0.3, 0.4) is 0 Å². The second-order valence-corrected chi connectivity index (χ2v) is 5.55. The number of hydrogen-bond acceptors (Lipinski definition) is 5. The van der Waals surface area contributed by atoms with E-state index in [9.17, 15) is 0 Å². The van der Waals surface area contributed by atoms with Gasteiger partial charge in [-0.3, -0.25) is 9.78 Å². The molecule has 7 nitrogen and oxygen atoms in total. The van der Waals surface area contributed by atoms with E-state index < -0.39 is 0 Å². The van der Waals surface area contributed by atoms with Crippen LogP contribution in [0.1, 0.15) is 25.5 Å². The zero-order valence-electron chi connectivity index (χ0n) is 12.9. The maximum absolute atomic E-state index is 4.66. The smallest absolute Gasteiger partial charge is 0.245 e. The first-order chi connectivity index (χ1) is 10.2. The number of hydrogen-bond donors (Lipinski definition) is 2. The first-order valence-corrected chi connectivity index (χ1v) is 7.58. The molecule has 7 heteroatoms. The normalized spacial score (nSPS) is 16.6. The van der Waals surface area contributed by atoms with Gasteiger partial charge in [-0.2, -0.15) is 10.1 Å². The van der Waals surface area contributed by atoms with Crippen LogP contribution in [0.25, 0.3) is 11.4 Å². The van der Waals surface area contributed by atoms with Crippen molar-refractivity contribution in [1.29, 1.82) is 0 Å². The van der Waals surface area contributed by atoms with Gasteiger partial charge in [0.15, 0.2) is 5.82 Å². The van der Waals surface area contributed by atoms with Gasteiger partial charge in [-0.1, -0.05) is 6.92 Å². The lowest BCUT2D eigenvalue weighted by atomic mass is 10.1. The Balaban J connectivity index is 1.77. The van der Waals surface area contributed by atoms with E-state index in [1.165, 1.54) is 0 Å². The topological polar surface area (TPSA) is 74.7 Å². The number of nitrogens with one attached hydrogen (secondary N) is 2. The molecule has 0 atom stereocenters. The van der Waals surface area contributed by atoms with Crippen LogP contribution in [0.2, 0.25) is 0 Å². The molecule has 1 saturated heterocycles. The molecule has 21 heavy (non-hydrogen) atoms. The summed E-state index contributed by atoms with van der Waals surface area (Å²) in [4.78, 5) is 6.91. The SMILES string of the molecule is CCc1nn(C)cc1-c1nc(N2CCC(NC)CC2)n[nH]1. The molecule has 2 aromatic rings. The van der Waals surface area contributed by atoms with Gasteiger partial charge >= 0.3 is 0 Å². The van der Waals surface area contributed by atoms with Gasteiger partial charge in [0.1, 0.15) is 0 Å². The van der Waals surface area contributed by atoms with Crippen molar-refractivity contribution in [3.8, 4) is 11.4 Å². The van der Waals surface area contributed by atoms with Crippen molar-refractivity contribution in [2.45, 2.75) is 32.2 Å². The van der Waals surface area contributed by atoms with E-state index >= 15 is 0 Å². The lowest BCUT2D eigenvalue weighted by Gasteiger charge is -2.30. The molecule has 0 saturated carbocycles. The fourth-order valence-electron chi connectivity index (χ4n) is 2.88. The van der Waals surface area contributed by atoms with Crippen LogP contribution in [0.5, 0.6) is 0 Å². The van der Waals surface area contributed by atoms with E-state index in [0.717, 1.165) is 55.4 Å². The molecular formula is C14H23N7. The molecule has 2 N–H and O–H groups in total. The number of aromatic amines is 1. The predicted molar refractivity (Wildman–Crippen MR) is 82.3 cm³/mol. The van der Waals surface area contributed by atoms with Crippen molar-refractivity contribution in [1.82, 2.24) is 30.3 Å². The molecule has 0 aliphatic carbocycles. The zero-order chi connectivity index (χ0) is 14.8. The molecule has 1 fully saturated rings. The highest BCUT2D eigenvalue weighted by Crippen LogP contribution is 2.23. The lowest BCUT2D eigenvalue weighted by molar-refractivity contribution is 0.439. The second-order valence-electron chi connectivity index (χ2n) is 5.55. The summed E-state index contributed by atoms with van der Waals surface area (Å²) in [6.07, 6.45) is 5.15. The first kappa shape index (κ1) is 14.1. The van der Waals surface area contributed by atoms with Gasteiger partial charge in [0, 0.05) is 32.4 Å². The minimum absolute atomic E-state index is 0.615. The Morgan fingerprint density at radius 2 is 2.14 bits per heavy atom. The van der Waals surface area contributed by atoms with Crippen LogP contribution in [0, 0.1) is 0 Å². The molecule has 0 bridgehead atoms. The highest BCUT2D eigenvalue weighted by atomic mass is 15.4. The average Bonchev–Trinajstić information content (AvgIpc) is 3.13. The average molecular weight is 289 g/mol. The zero-order valence-corrected chi connectivity index (χ0v) is 12.9. The molecule has 0 spiro atoms. The number of piperidine rings is 1. The van der Waals surface area contributed by atoms with Gasteiger partial charge in [0.2, 0.25) is 5.95 Å². The largest absolute Gasteiger partial charge is 0.339 e. The summed E-state index contributed by atoms with van der Waals surface area (Å²) in [6, 6.07) is 0.615. The summed E-state index contributed by atoms with van der Waals surface area (Å²) in [6.45, 7) is 4.10. The van der Waals surface area contributed by atoms with E-state index in [1.54, 1.807) is 0 Å². The molecule has 1 aliphatic heterocycles. The molecule has 0 amide bonds. The Bertz CT molecular complexity index is 592. The van der Waals surface area contributed by atoms with Crippen LogP contribution in [-0.2, 0) is 13.5 Å². The summed E-state index contributed by atoms with van der Waals surface area (Å²) in [5.74, 6) is 1.61. The summed E-state index contributed by atoms with van der Waals surface area (Å²) in [5, 5.41) is 15.2. The summed E-state index contributed by atoms with van der Waals surface area (Å²) >= 11 is 0. The third kappa shape index (κ3) is 2.78. The molecule has 0 unspecified atom stereocenters. The Kier molecular flexibility index (Phi) is 3.92. The van der Waals surface area contributed by atoms with Crippen molar-refractivity contribution in [3.05, 3.63) is 11.9 Å². The Morgan fingerprint density at radius 3 is 2.81 bits per heavy atom. The second kappa shape index (κ2) is 5.85. The van der Waals surface area contributed by atoms with Gasteiger partial charge in [0.05, 0.1) is 11.3 Å². The Labute approximate surface area is 124 Å². The number of nitrogens with zero attached hydrogens (tertiary/aromatic N) is 5. The van der Waals surface area contributed by atoms with Crippen molar-refractivity contribution in [2.75, 3.05) is 25.0 Å². The van der Waals surface area contributed by atoms with Gasteiger partial charge in [-0.15, -0.1) is 5.10 Å². The molecule has 0 aromatic carbocycles. The third-order valence-corrected chi connectivity index (χ3v) is 4.15. The standard InChI is InChI=1S/C14H23N7/c1-4-12-11(9-20(3)19-12)13-16-14(18-17-13)21-7-5-10(15-2)6-8-21/h9-10,15H,4-8H2,1-3H3,(H,16,17,18). The van der Waals surface area contributed by atoms with E-state index in [1.807, 2.05) is 25.0 Å². The number of aryl methyl sites for hydroxylation is 2. The maximum Gasteiger partial charge on any atom is 0.245 e. The fraction of sp³-hybridized carbons (Fsp3) is 0.643. The van der Waals surface area contributed by atoms with Gasteiger partial charge in [-0.25, -0.2) is 0 Å². The lowest BCUT2D eigenvalue weighted by Crippen LogP contribution is -2.41.